The molecule has 1 amide bonds. The molecule has 0 unspecified atom stereocenters. The monoisotopic (exact) mass is 552 g/mol. The predicted octanol–water partition coefficient (Wildman–Crippen LogP) is 6.10. The van der Waals surface area contributed by atoms with E-state index in [1.807, 2.05) is 31.2 Å². The van der Waals surface area contributed by atoms with Gasteiger partial charge in [0.15, 0.2) is 5.78 Å². The molecule has 10 heteroatoms. The van der Waals surface area contributed by atoms with Gasteiger partial charge in [0.1, 0.15) is 11.1 Å². The van der Waals surface area contributed by atoms with Crippen LogP contribution in [0.15, 0.2) is 52.0 Å². The molecule has 0 aliphatic heterocycles. The summed E-state index contributed by atoms with van der Waals surface area (Å²) in [6.45, 7) is 5.19. The van der Waals surface area contributed by atoms with Crippen LogP contribution < -0.4 is 5.32 Å². The maximum absolute atomic E-state index is 12.6. The van der Waals surface area contributed by atoms with Crippen LogP contribution in [-0.2, 0) is 11.2 Å². The molecule has 0 bridgehead atoms. The first-order valence-electron chi connectivity index (χ1n) is 10.6. The first-order chi connectivity index (χ1) is 16.7. The van der Waals surface area contributed by atoms with Gasteiger partial charge in [-0.3, -0.25) is 19.7 Å². The van der Waals surface area contributed by atoms with Gasteiger partial charge in [-0.1, -0.05) is 43.0 Å². The number of rotatable bonds is 8. The van der Waals surface area contributed by atoms with E-state index in [0.717, 1.165) is 29.3 Å². The van der Waals surface area contributed by atoms with Crippen LogP contribution in [0.2, 0.25) is 0 Å². The summed E-state index contributed by atoms with van der Waals surface area (Å²) in [6, 6.07) is 13.9. The topological polar surface area (TPSA) is 126 Å². The van der Waals surface area contributed by atoms with E-state index in [9.17, 15) is 25.0 Å². The van der Waals surface area contributed by atoms with Crippen LogP contribution in [0.5, 0.6) is 0 Å². The van der Waals surface area contributed by atoms with Crippen LogP contribution in [0, 0.1) is 28.4 Å². The van der Waals surface area contributed by atoms with E-state index >= 15 is 0 Å². The molecule has 3 rings (SSSR count). The highest BCUT2D eigenvalue weighted by atomic mass is 79.9. The quantitative estimate of drug-likeness (QED) is 0.155. The Labute approximate surface area is 215 Å². The standard InChI is InChI=1S/C25H21BrN4O4S/c1-4-16-5-7-17(8-6-16)24-19(12-27)25(28-14(2)23(24)15(3)31)35-13-22(32)29-21-10-9-18(30(33)34)11-20(21)26/h5-11H,4,13H2,1-3H3,(H,29,32). The molecule has 0 radical (unpaired) electrons. The number of carbonyl (C=O) groups is 2. The highest BCUT2D eigenvalue weighted by Crippen LogP contribution is 2.35. The Bertz CT molecular complexity index is 1370. The summed E-state index contributed by atoms with van der Waals surface area (Å²) in [5, 5.41) is 23.9. The Morgan fingerprint density at radius 1 is 1.23 bits per heavy atom. The zero-order chi connectivity index (χ0) is 25.7. The van der Waals surface area contributed by atoms with Crippen molar-refractivity contribution in [2.24, 2.45) is 0 Å². The molecule has 0 spiro atoms. The highest BCUT2D eigenvalue weighted by molar-refractivity contribution is 9.10. The lowest BCUT2D eigenvalue weighted by molar-refractivity contribution is -0.384. The number of nitro groups is 1. The molecule has 0 aliphatic carbocycles. The molecule has 2 aromatic carbocycles. The molecule has 8 nitrogen and oxygen atoms in total. The van der Waals surface area contributed by atoms with Crippen LogP contribution in [0.4, 0.5) is 11.4 Å². The molecule has 1 N–H and O–H groups in total. The van der Waals surface area contributed by atoms with Gasteiger partial charge in [-0.15, -0.1) is 0 Å². The molecule has 1 heterocycles. The lowest BCUT2D eigenvalue weighted by Crippen LogP contribution is -2.15. The van der Waals surface area contributed by atoms with Gasteiger partial charge in [-0.25, -0.2) is 4.98 Å². The molecule has 35 heavy (non-hydrogen) atoms. The third kappa shape index (κ3) is 5.93. The fraction of sp³-hybridized carbons (Fsp3) is 0.200. The van der Waals surface area contributed by atoms with Crippen LogP contribution in [0.1, 0.15) is 41.0 Å². The number of nitrogens with one attached hydrogen (secondary N) is 1. The van der Waals surface area contributed by atoms with Crippen molar-refractivity contribution >= 4 is 50.8 Å². The summed E-state index contributed by atoms with van der Waals surface area (Å²) < 4.78 is 0.375. The van der Waals surface area contributed by atoms with Crippen molar-refractivity contribution in [1.82, 2.24) is 4.98 Å². The van der Waals surface area contributed by atoms with E-state index in [-0.39, 0.29) is 28.7 Å². The van der Waals surface area contributed by atoms with E-state index in [1.54, 1.807) is 6.92 Å². The lowest BCUT2D eigenvalue weighted by Gasteiger charge is -2.16. The molecular weight excluding hydrogens is 532 g/mol. The van der Waals surface area contributed by atoms with Gasteiger partial charge in [0.05, 0.1) is 27.6 Å². The number of anilines is 1. The molecule has 0 aliphatic rings. The van der Waals surface area contributed by atoms with Crippen LogP contribution in [0.3, 0.4) is 0 Å². The Balaban J connectivity index is 1.92. The minimum absolute atomic E-state index is 0.0574. The summed E-state index contributed by atoms with van der Waals surface area (Å²) in [5.41, 5.74) is 3.75. The van der Waals surface area contributed by atoms with Crippen molar-refractivity contribution in [3.05, 3.63) is 79.4 Å². The van der Waals surface area contributed by atoms with Gasteiger partial charge < -0.3 is 5.32 Å². The van der Waals surface area contributed by atoms with Crippen molar-refractivity contribution < 1.29 is 14.5 Å². The zero-order valence-electron chi connectivity index (χ0n) is 19.2. The Kier molecular flexibility index (Phi) is 8.38. The summed E-state index contributed by atoms with van der Waals surface area (Å²) in [7, 11) is 0. The van der Waals surface area contributed by atoms with Gasteiger partial charge >= 0.3 is 0 Å². The number of nitro benzene ring substituents is 1. The van der Waals surface area contributed by atoms with Crippen molar-refractivity contribution in [2.45, 2.75) is 32.2 Å². The van der Waals surface area contributed by atoms with E-state index < -0.39 is 4.92 Å². The number of benzene rings is 2. The van der Waals surface area contributed by atoms with Crippen LogP contribution in [0.25, 0.3) is 11.1 Å². The minimum atomic E-state index is -0.526. The molecule has 0 saturated carbocycles. The Hall–Kier alpha value is -3.55. The number of pyridine rings is 1. The predicted molar refractivity (Wildman–Crippen MR) is 139 cm³/mol. The number of Topliss-reactive ketones (excluding diaryl/α,β-unsaturated/α-hetero) is 1. The Morgan fingerprint density at radius 3 is 2.46 bits per heavy atom. The summed E-state index contributed by atoms with van der Waals surface area (Å²) in [6.07, 6.45) is 0.863. The van der Waals surface area contributed by atoms with Gasteiger partial charge in [0.2, 0.25) is 5.91 Å². The summed E-state index contributed by atoms with van der Waals surface area (Å²) in [5.74, 6) is -0.631. The van der Waals surface area contributed by atoms with Crippen LogP contribution >= 0.6 is 27.7 Å². The summed E-state index contributed by atoms with van der Waals surface area (Å²) >= 11 is 4.31. The van der Waals surface area contributed by atoms with E-state index in [4.69, 9.17) is 0 Å². The maximum Gasteiger partial charge on any atom is 0.270 e. The molecule has 1 aromatic heterocycles. The largest absolute Gasteiger partial charge is 0.324 e. The van der Waals surface area contributed by atoms with Crippen LogP contribution in [-0.4, -0.2) is 27.4 Å². The summed E-state index contributed by atoms with van der Waals surface area (Å²) in [4.78, 5) is 39.9. The number of halogens is 1. The highest BCUT2D eigenvalue weighted by Gasteiger charge is 2.23. The van der Waals surface area contributed by atoms with Gasteiger partial charge in [-0.05, 0) is 53.4 Å². The normalized spacial score (nSPS) is 10.5. The third-order valence-corrected chi connectivity index (χ3v) is 6.87. The van der Waals surface area contributed by atoms with Gasteiger partial charge in [0.25, 0.3) is 5.69 Å². The molecule has 178 valence electrons. The SMILES string of the molecule is CCc1ccc(-c2c(C#N)c(SCC(=O)Nc3ccc([N+](=O)[O-])cc3Br)nc(C)c2C(C)=O)cc1. The van der Waals surface area contributed by atoms with Gasteiger partial charge in [0, 0.05) is 27.7 Å². The first kappa shape index (κ1) is 26.1. The second-order valence-corrected chi connectivity index (χ2v) is 9.42. The first-order valence-corrected chi connectivity index (χ1v) is 12.4. The fourth-order valence-electron chi connectivity index (χ4n) is 3.55. The van der Waals surface area contributed by atoms with Crippen molar-refractivity contribution in [2.75, 3.05) is 11.1 Å². The number of nitrogens with zero attached hydrogens (tertiary/aromatic N) is 3. The number of hydrogen-bond donors (Lipinski definition) is 1. The smallest absolute Gasteiger partial charge is 0.270 e. The average molecular weight is 553 g/mol. The van der Waals surface area contributed by atoms with Crippen molar-refractivity contribution in [3.63, 3.8) is 0 Å². The molecule has 0 saturated heterocycles. The van der Waals surface area contributed by atoms with Gasteiger partial charge in [-0.2, -0.15) is 5.26 Å². The second kappa shape index (κ2) is 11.3. The number of non-ortho nitro benzene ring substituents is 1. The lowest BCUT2D eigenvalue weighted by atomic mass is 9.92. The van der Waals surface area contributed by atoms with E-state index in [2.05, 4.69) is 32.3 Å². The number of ketones is 1. The number of carbonyl (C=O) groups excluding carboxylic acids is 2. The van der Waals surface area contributed by atoms with E-state index in [0.29, 0.717) is 32.0 Å². The maximum atomic E-state index is 12.6. The molecule has 0 atom stereocenters. The number of nitriles is 1. The van der Waals surface area contributed by atoms with Crippen molar-refractivity contribution in [1.29, 1.82) is 5.26 Å². The average Bonchev–Trinajstić information content (AvgIpc) is 2.83. The molecular formula is C25H21BrN4O4S. The number of hydrogen-bond acceptors (Lipinski definition) is 7. The molecule has 3 aromatic rings. The number of thioether (sulfide) groups is 1. The fourth-order valence-corrected chi connectivity index (χ4v) is 4.85. The number of amides is 1. The zero-order valence-corrected chi connectivity index (χ0v) is 21.6. The molecule has 0 fully saturated rings. The second-order valence-electron chi connectivity index (χ2n) is 7.60. The van der Waals surface area contributed by atoms with Crippen molar-refractivity contribution in [3.8, 4) is 17.2 Å². The van der Waals surface area contributed by atoms with E-state index in [1.165, 1.54) is 25.1 Å². The Morgan fingerprint density at radius 2 is 1.91 bits per heavy atom. The number of aromatic nitrogens is 1. The number of aryl methyl sites for hydroxylation is 2. The third-order valence-electron chi connectivity index (χ3n) is 5.24. The minimum Gasteiger partial charge on any atom is -0.324 e.